The van der Waals surface area contributed by atoms with Gasteiger partial charge in [0, 0.05) is 12.1 Å². The van der Waals surface area contributed by atoms with Gasteiger partial charge in [0.25, 0.3) is 0 Å². The lowest BCUT2D eigenvalue weighted by Gasteiger charge is -2.18. The van der Waals surface area contributed by atoms with Gasteiger partial charge < -0.3 is 10.4 Å². The highest BCUT2D eigenvalue weighted by atomic mass is 16.4. The summed E-state index contributed by atoms with van der Waals surface area (Å²) in [7, 11) is 0. The van der Waals surface area contributed by atoms with Crippen LogP contribution in [0.25, 0.3) is 0 Å². The van der Waals surface area contributed by atoms with Crippen molar-refractivity contribution in [1.82, 2.24) is 0 Å². The summed E-state index contributed by atoms with van der Waals surface area (Å²) < 4.78 is 0. The number of amides is 1. The summed E-state index contributed by atoms with van der Waals surface area (Å²) in [5, 5.41) is 11.9. The number of carboxylic acid groups (broad SMARTS) is 1. The minimum Gasteiger partial charge on any atom is -0.478 e. The third-order valence-electron chi connectivity index (χ3n) is 3.18. The van der Waals surface area contributed by atoms with E-state index >= 15 is 0 Å². The lowest BCUT2D eigenvalue weighted by Crippen LogP contribution is -2.16. The van der Waals surface area contributed by atoms with Gasteiger partial charge in [-0.05, 0) is 42.9 Å². The maximum absolute atomic E-state index is 11.9. The summed E-state index contributed by atoms with van der Waals surface area (Å²) in [5.41, 5.74) is 2.47. The number of nitrogens with one attached hydrogen (secondary N) is 1. The maximum atomic E-state index is 11.9. The maximum Gasteiger partial charge on any atom is 0.336 e. The summed E-state index contributed by atoms with van der Waals surface area (Å²) in [5.74, 6) is -1.06. The number of rotatable bonds is 4. The first-order valence-electron chi connectivity index (χ1n) is 6.74. The normalized spacial score (nSPS) is 11.2. The van der Waals surface area contributed by atoms with E-state index in [2.05, 4.69) is 26.1 Å². The van der Waals surface area contributed by atoms with E-state index in [1.165, 1.54) is 6.07 Å². The minimum atomic E-state index is -0.979. The fraction of sp³-hybridized carbons (Fsp3) is 0.500. The molecule has 1 aromatic rings. The number of carbonyl (C=O) groups is 2. The Kier molecular flexibility index (Phi) is 4.93. The van der Waals surface area contributed by atoms with Gasteiger partial charge in [0.15, 0.2) is 0 Å². The molecule has 0 aliphatic carbocycles. The van der Waals surface area contributed by atoms with Crippen molar-refractivity contribution >= 4 is 17.6 Å². The molecule has 110 valence electrons. The van der Waals surface area contributed by atoms with E-state index in [1.54, 1.807) is 13.0 Å². The molecule has 0 saturated carbocycles. The Morgan fingerprint density at radius 2 is 1.75 bits per heavy atom. The van der Waals surface area contributed by atoms with Crippen molar-refractivity contribution in [3.05, 3.63) is 28.8 Å². The lowest BCUT2D eigenvalue weighted by atomic mass is 9.90. The summed E-state index contributed by atoms with van der Waals surface area (Å²) in [6, 6.07) is 3.31. The largest absolute Gasteiger partial charge is 0.478 e. The van der Waals surface area contributed by atoms with Crippen LogP contribution >= 0.6 is 0 Å². The van der Waals surface area contributed by atoms with E-state index < -0.39 is 5.97 Å². The monoisotopic (exact) mass is 277 g/mol. The molecule has 1 amide bonds. The second-order valence-corrected chi connectivity index (χ2v) is 6.40. The van der Waals surface area contributed by atoms with Gasteiger partial charge in [0.2, 0.25) is 5.91 Å². The number of benzene rings is 1. The molecule has 2 N–H and O–H groups in total. The minimum absolute atomic E-state index is 0.0804. The van der Waals surface area contributed by atoms with Gasteiger partial charge >= 0.3 is 5.97 Å². The van der Waals surface area contributed by atoms with Crippen LogP contribution in [0.3, 0.4) is 0 Å². The van der Waals surface area contributed by atoms with E-state index in [-0.39, 0.29) is 16.9 Å². The van der Waals surface area contributed by atoms with Crippen molar-refractivity contribution < 1.29 is 14.7 Å². The molecule has 0 atom stereocenters. The van der Waals surface area contributed by atoms with Gasteiger partial charge in [-0.3, -0.25) is 4.79 Å². The number of aryl methyl sites for hydroxylation is 2. The van der Waals surface area contributed by atoms with Crippen molar-refractivity contribution in [2.75, 3.05) is 5.32 Å². The summed E-state index contributed by atoms with van der Waals surface area (Å²) >= 11 is 0. The molecule has 1 rings (SSSR count). The molecule has 0 spiro atoms. The standard InChI is InChI=1S/C16H23NO3/c1-10-8-11(2)13(9-12(10)15(19)20)17-14(18)6-7-16(3,4)5/h8-9H,6-7H2,1-5H3,(H,17,18)(H,19,20). The van der Waals surface area contributed by atoms with Gasteiger partial charge in [-0.2, -0.15) is 0 Å². The smallest absolute Gasteiger partial charge is 0.336 e. The van der Waals surface area contributed by atoms with Crippen LogP contribution in [0, 0.1) is 19.3 Å². The summed E-state index contributed by atoms with van der Waals surface area (Å²) in [6.07, 6.45) is 1.22. The SMILES string of the molecule is Cc1cc(C)c(C(=O)O)cc1NC(=O)CCC(C)(C)C. The molecule has 0 aliphatic rings. The number of carbonyl (C=O) groups excluding carboxylic acids is 1. The Balaban J connectivity index is 2.85. The lowest BCUT2D eigenvalue weighted by molar-refractivity contribution is -0.116. The highest BCUT2D eigenvalue weighted by Crippen LogP contribution is 2.23. The summed E-state index contributed by atoms with van der Waals surface area (Å²) in [4.78, 5) is 23.0. The summed E-state index contributed by atoms with van der Waals surface area (Å²) in [6.45, 7) is 9.86. The van der Waals surface area contributed by atoms with Gasteiger partial charge in [0.1, 0.15) is 0 Å². The first kappa shape index (κ1) is 16.2. The first-order chi connectivity index (χ1) is 9.10. The number of anilines is 1. The average Bonchev–Trinajstić information content (AvgIpc) is 2.28. The predicted octanol–water partition coefficient (Wildman–Crippen LogP) is 3.77. The van der Waals surface area contributed by atoms with Crippen LogP contribution in [0.5, 0.6) is 0 Å². The van der Waals surface area contributed by atoms with Crippen LogP contribution in [0.1, 0.15) is 55.1 Å². The number of carboxylic acids is 1. The van der Waals surface area contributed by atoms with Crippen molar-refractivity contribution in [3.63, 3.8) is 0 Å². The van der Waals surface area contributed by atoms with E-state index in [0.29, 0.717) is 17.7 Å². The molecule has 0 saturated heterocycles. The third-order valence-corrected chi connectivity index (χ3v) is 3.18. The molecule has 0 radical (unpaired) electrons. The highest BCUT2D eigenvalue weighted by molar-refractivity contribution is 5.95. The van der Waals surface area contributed by atoms with Crippen LogP contribution in [0.4, 0.5) is 5.69 Å². The van der Waals surface area contributed by atoms with Crippen molar-refractivity contribution in [3.8, 4) is 0 Å². The van der Waals surface area contributed by atoms with Crippen molar-refractivity contribution in [2.24, 2.45) is 5.41 Å². The molecule has 0 heterocycles. The molecule has 0 unspecified atom stereocenters. The molecular weight excluding hydrogens is 254 g/mol. The molecule has 0 aromatic heterocycles. The molecule has 4 nitrogen and oxygen atoms in total. The predicted molar refractivity (Wildman–Crippen MR) is 80.2 cm³/mol. The highest BCUT2D eigenvalue weighted by Gasteiger charge is 2.15. The van der Waals surface area contributed by atoms with Crippen molar-refractivity contribution in [1.29, 1.82) is 0 Å². The van der Waals surface area contributed by atoms with E-state index in [9.17, 15) is 9.59 Å². The second kappa shape index (κ2) is 6.07. The molecule has 20 heavy (non-hydrogen) atoms. The first-order valence-corrected chi connectivity index (χ1v) is 6.74. The van der Waals surface area contributed by atoms with Gasteiger partial charge in [-0.1, -0.05) is 26.8 Å². The Morgan fingerprint density at radius 3 is 2.25 bits per heavy atom. The Hall–Kier alpha value is -1.84. The average molecular weight is 277 g/mol. The van der Waals surface area contributed by atoms with E-state index in [0.717, 1.165) is 12.0 Å². The molecule has 0 bridgehead atoms. The molecule has 4 heteroatoms. The van der Waals surface area contributed by atoms with Gasteiger partial charge in [-0.25, -0.2) is 4.79 Å². The Morgan fingerprint density at radius 1 is 1.15 bits per heavy atom. The van der Waals surface area contributed by atoms with Crippen LogP contribution in [0.2, 0.25) is 0 Å². The second-order valence-electron chi connectivity index (χ2n) is 6.40. The molecule has 0 aliphatic heterocycles. The fourth-order valence-corrected chi connectivity index (χ4v) is 1.92. The third kappa shape index (κ3) is 4.68. The molecular formula is C16H23NO3. The van der Waals surface area contributed by atoms with Crippen LogP contribution in [0.15, 0.2) is 12.1 Å². The van der Waals surface area contributed by atoms with Gasteiger partial charge in [-0.15, -0.1) is 0 Å². The molecule has 0 fully saturated rings. The number of aromatic carboxylic acids is 1. The van der Waals surface area contributed by atoms with Crippen LogP contribution in [-0.2, 0) is 4.79 Å². The fourth-order valence-electron chi connectivity index (χ4n) is 1.92. The topological polar surface area (TPSA) is 66.4 Å². The molecule has 1 aromatic carbocycles. The number of hydrogen-bond acceptors (Lipinski definition) is 2. The zero-order chi connectivity index (χ0) is 15.5. The van der Waals surface area contributed by atoms with Crippen LogP contribution in [-0.4, -0.2) is 17.0 Å². The van der Waals surface area contributed by atoms with Crippen molar-refractivity contribution in [2.45, 2.75) is 47.5 Å². The zero-order valence-electron chi connectivity index (χ0n) is 12.8. The van der Waals surface area contributed by atoms with E-state index in [1.807, 2.05) is 6.92 Å². The number of hydrogen-bond donors (Lipinski definition) is 2. The Labute approximate surface area is 120 Å². The zero-order valence-corrected chi connectivity index (χ0v) is 12.8. The van der Waals surface area contributed by atoms with Crippen LogP contribution < -0.4 is 5.32 Å². The van der Waals surface area contributed by atoms with Gasteiger partial charge in [0.05, 0.1) is 5.56 Å². The van der Waals surface area contributed by atoms with E-state index in [4.69, 9.17) is 5.11 Å². The quantitative estimate of drug-likeness (QED) is 0.880. The Bertz CT molecular complexity index is 527.